The van der Waals surface area contributed by atoms with Gasteiger partial charge in [-0.3, -0.25) is 0 Å². The van der Waals surface area contributed by atoms with E-state index in [1.165, 1.54) is 0 Å². The maximum atomic E-state index is 9.74. The number of aliphatic hydroxyl groups is 1. The van der Waals surface area contributed by atoms with Crippen molar-refractivity contribution in [3.8, 4) is 0 Å². The van der Waals surface area contributed by atoms with Gasteiger partial charge in [-0.1, -0.05) is 19.1 Å². The number of amidine groups is 1. The standard InChI is InChI=1S/C13H20N2O/c1-5-13(16)11-7-6-8-12(9-11)14-10(2)15(3)4/h6-9,13,16H,5H2,1-4H3. The van der Waals surface area contributed by atoms with E-state index in [9.17, 15) is 5.11 Å². The molecule has 16 heavy (non-hydrogen) atoms. The van der Waals surface area contributed by atoms with Gasteiger partial charge >= 0.3 is 0 Å². The van der Waals surface area contributed by atoms with Crippen molar-refractivity contribution in [2.45, 2.75) is 26.4 Å². The first-order chi connectivity index (χ1) is 7.54. The molecule has 1 rings (SSSR count). The van der Waals surface area contributed by atoms with Crippen LogP contribution >= 0.6 is 0 Å². The van der Waals surface area contributed by atoms with Gasteiger partial charge in [0.2, 0.25) is 0 Å². The highest BCUT2D eigenvalue weighted by atomic mass is 16.3. The molecule has 0 aromatic heterocycles. The zero-order valence-corrected chi connectivity index (χ0v) is 10.4. The molecule has 0 fully saturated rings. The first kappa shape index (κ1) is 12.7. The molecular formula is C13H20N2O. The Balaban J connectivity index is 2.95. The molecule has 0 amide bonds. The molecule has 1 aromatic rings. The van der Waals surface area contributed by atoms with Crippen LogP contribution in [0, 0.1) is 0 Å². The number of hydrogen-bond acceptors (Lipinski definition) is 2. The van der Waals surface area contributed by atoms with Crippen molar-refractivity contribution in [1.82, 2.24) is 4.90 Å². The Morgan fingerprint density at radius 1 is 1.44 bits per heavy atom. The fraction of sp³-hybridized carbons (Fsp3) is 0.462. The lowest BCUT2D eigenvalue weighted by atomic mass is 10.1. The van der Waals surface area contributed by atoms with Crippen LogP contribution in [-0.2, 0) is 0 Å². The second-order valence-electron chi connectivity index (χ2n) is 4.07. The van der Waals surface area contributed by atoms with Gasteiger partial charge in [0.05, 0.1) is 11.8 Å². The molecule has 1 unspecified atom stereocenters. The van der Waals surface area contributed by atoms with Gasteiger partial charge in [0.1, 0.15) is 5.84 Å². The molecule has 3 nitrogen and oxygen atoms in total. The van der Waals surface area contributed by atoms with E-state index in [1.54, 1.807) is 0 Å². The van der Waals surface area contributed by atoms with E-state index in [0.29, 0.717) is 0 Å². The average Bonchev–Trinajstić information content (AvgIpc) is 2.28. The van der Waals surface area contributed by atoms with Gasteiger partial charge in [0.25, 0.3) is 0 Å². The summed E-state index contributed by atoms with van der Waals surface area (Å²) in [5.74, 6) is 0.947. The summed E-state index contributed by atoms with van der Waals surface area (Å²) in [5.41, 5.74) is 1.81. The second-order valence-corrected chi connectivity index (χ2v) is 4.07. The van der Waals surface area contributed by atoms with Crippen molar-refractivity contribution >= 4 is 11.5 Å². The third kappa shape index (κ3) is 3.35. The van der Waals surface area contributed by atoms with Crippen LogP contribution in [0.5, 0.6) is 0 Å². The number of aliphatic imine (C=N–C) groups is 1. The van der Waals surface area contributed by atoms with E-state index in [0.717, 1.165) is 23.5 Å². The van der Waals surface area contributed by atoms with Crippen LogP contribution < -0.4 is 0 Å². The average molecular weight is 220 g/mol. The molecule has 1 atom stereocenters. The van der Waals surface area contributed by atoms with Gasteiger partial charge < -0.3 is 10.0 Å². The molecule has 88 valence electrons. The van der Waals surface area contributed by atoms with Crippen molar-refractivity contribution in [3.05, 3.63) is 29.8 Å². The van der Waals surface area contributed by atoms with Crippen molar-refractivity contribution in [2.75, 3.05) is 14.1 Å². The lowest BCUT2D eigenvalue weighted by molar-refractivity contribution is 0.174. The highest BCUT2D eigenvalue weighted by molar-refractivity contribution is 5.82. The Morgan fingerprint density at radius 3 is 2.69 bits per heavy atom. The van der Waals surface area contributed by atoms with Crippen molar-refractivity contribution in [3.63, 3.8) is 0 Å². The monoisotopic (exact) mass is 220 g/mol. The third-order valence-electron chi connectivity index (χ3n) is 2.58. The zero-order chi connectivity index (χ0) is 12.1. The fourth-order valence-electron chi connectivity index (χ4n) is 1.32. The Hall–Kier alpha value is -1.35. The zero-order valence-electron chi connectivity index (χ0n) is 10.4. The minimum Gasteiger partial charge on any atom is -0.388 e. The van der Waals surface area contributed by atoms with Gasteiger partial charge in [-0.25, -0.2) is 4.99 Å². The summed E-state index contributed by atoms with van der Waals surface area (Å²) in [6.07, 6.45) is 0.328. The predicted molar refractivity (Wildman–Crippen MR) is 68.1 cm³/mol. The SMILES string of the molecule is CCC(O)c1cccc(N=C(C)N(C)C)c1. The molecule has 1 N–H and O–H groups in total. The largest absolute Gasteiger partial charge is 0.388 e. The third-order valence-corrected chi connectivity index (χ3v) is 2.58. The van der Waals surface area contributed by atoms with Crippen molar-refractivity contribution in [2.24, 2.45) is 4.99 Å². The van der Waals surface area contributed by atoms with Crippen molar-refractivity contribution < 1.29 is 5.11 Å². The maximum absolute atomic E-state index is 9.74. The number of benzene rings is 1. The molecule has 0 saturated carbocycles. The highest BCUT2D eigenvalue weighted by Gasteiger charge is 2.04. The normalized spacial score (nSPS) is 13.7. The van der Waals surface area contributed by atoms with Crippen LogP contribution in [0.25, 0.3) is 0 Å². The topological polar surface area (TPSA) is 35.8 Å². The molecule has 0 aliphatic heterocycles. The maximum Gasteiger partial charge on any atom is 0.101 e. The van der Waals surface area contributed by atoms with Crippen LogP contribution in [0.1, 0.15) is 31.9 Å². The Labute approximate surface area is 97.4 Å². The highest BCUT2D eigenvalue weighted by Crippen LogP contribution is 2.21. The smallest absolute Gasteiger partial charge is 0.101 e. The quantitative estimate of drug-likeness (QED) is 0.628. The summed E-state index contributed by atoms with van der Waals surface area (Å²) >= 11 is 0. The number of hydrogen-bond donors (Lipinski definition) is 1. The van der Waals surface area contributed by atoms with E-state index in [4.69, 9.17) is 0 Å². The van der Waals surface area contributed by atoms with Gasteiger partial charge in [-0.15, -0.1) is 0 Å². The Kier molecular flexibility index (Phi) is 4.50. The van der Waals surface area contributed by atoms with E-state index >= 15 is 0 Å². The Bertz CT molecular complexity index is 372. The lowest BCUT2D eigenvalue weighted by Gasteiger charge is -2.12. The summed E-state index contributed by atoms with van der Waals surface area (Å²) in [6, 6.07) is 7.73. The molecule has 3 heteroatoms. The minimum absolute atomic E-state index is 0.394. The molecule has 0 saturated heterocycles. The second kappa shape index (κ2) is 5.66. The number of aliphatic hydroxyl groups excluding tert-OH is 1. The summed E-state index contributed by atoms with van der Waals surface area (Å²) in [6.45, 7) is 3.93. The predicted octanol–water partition coefficient (Wildman–Crippen LogP) is 2.74. The fourth-order valence-corrected chi connectivity index (χ4v) is 1.32. The summed E-state index contributed by atoms with van der Waals surface area (Å²) in [7, 11) is 3.92. The molecule has 0 heterocycles. The molecule has 0 aliphatic rings. The van der Waals surface area contributed by atoms with Gasteiger partial charge in [-0.2, -0.15) is 0 Å². The Morgan fingerprint density at radius 2 is 2.12 bits per heavy atom. The summed E-state index contributed by atoms with van der Waals surface area (Å²) in [4.78, 5) is 6.43. The van der Waals surface area contributed by atoms with E-state index in [1.807, 2.05) is 57.1 Å². The van der Waals surface area contributed by atoms with Gasteiger partial charge in [-0.05, 0) is 31.0 Å². The van der Waals surface area contributed by atoms with Crippen LogP contribution in [0.2, 0.25) is 0 Å². The van der Waals surface area contributed by atoms with E-state index < -0.39 is 6.10 Å². The molecule has 0 spiro atoms. The van der Waals surface area contributed by atoms with Gasteiger partial charge in [0.15, 0.2) is 0 Å². The first-order valence-electron chi connectivity index (χ1n) is 5.55. The summed E-state index contributed by atoms with van der Waals surface area (Å²) < 4.78 is 0. The van der Waals surface area contributed by atoms with Crippen LogP contribution in [0.3, 0.4) is 0 Å². The van der Waals surface area contributed by atoms with E-state index in [2.05, 4.69) is 4.99 Å². The molecular weight excluding hydrogens is 200 g/mol. The van der Waals surface area contributed by atoms with Crippen LogP contribution in [0.4, 0.5) is 5.69 Å². The van der Waals surface area contributed by atoms with Gasteiger partial charge in [0, 0.05) is 14.1 Å². The first-order valence-corrected chi connectivity index (χ1v) is 5.55. The minimum atomic E-state index is -0.394. The molecule has 0 radical (unpaired) electrons. The van der Waals surface area contributed by atoms with Crippen LogP contribution in [0.15, 0.2) is 29.3 Å². The van der Waals surface area contributed by atoms with Crippen LogP contribution in [-0.4, -0.2) is 29.9 Å². The van der Waals surface area contributed by atoms with Crippen molar-refractivity contribution in [1.29, 1.82) is 0 Å². The lowest BCUT2D eigenvalue weighted by Crippen LogP contribution is -2.17. The molecule has 0 aliphatic carbocycles. The number of nitrogens with zero attached hydrogens (tertiary/aromatic N) is 2. The number of rotatable bonds is 3. The van der Waals surface area contributed by atoms with E-state index in [-0.39, 0.29) is 0 Å². The summed E-state index contributed by atoms with van der Waals surface area (Å²) in [5, 5.41) is 9.74. The molecule has 0 bridgehead atoms. The molecule has 1 aromatic carbocycles.